The first-order valence-corrected chi connectivity index (χ1v) is 8.28. The third-order valence-electron chi connectivity index (χ3n) is 3.76. The number of nitrogens with zero attached hydrogens (tertiary/aromatic N) is 1. The lowest BCUT2D eigenvalue weighted by atomic mass is 10.2. The minimum atomic E-state index is -0.709. The fourth-order valence-corrected chi connectivity index (χ4v) is 3.72. The van der Waals surface area contributed by atoms with Gasteiger partial charge in [0.15, 0.2) is 0 Å². The summed E-state index contributed by atoms with van der Waals surface area (Å²) in [6.45, 7) is 0.128. The summed E-state index contributed by atoms with van der Waals surface area (Å²) in [5, 5.41) is 3.97. The Morgan fingerprint density at radius 1 is 1.33 bits per heavy atom. The number of benzene rings is 1. The van der Waals surface area contributed by atoms with Crippen LogP contribution in [0, 0.1) is 0 Å². The minimum Gasteiger partial charge on any atom is -0.464 e. The maximum Gasteiger partial charge on any atom is 0.408 e. The maximum atomic E-state index is 12.4. The molecule has 0 unspecified atom stereocenters. The van der Waals surface area contributed by atoms with Crippen LogP contribution >= 0.6 is 11.8 Å². The molecular weight excluding hydrogens is 332 g/mol. The van der Waals surface area contributed by atoms with Gasteiger partial charge in [0.25, 0.3) is 5.91 Å². The summed E-state index contributed by atoms with van der Waals surface area (Å²) in [5.41, 5.74) is 1.07. The predicted molar refractivity (Wildman–Crippen MR) is 86.5 cm³/mol. The third kappa shape index (κ3) is 3.23. The number of alkyl carbamates (subject to hydrolysis) is 1. The summed E-state index contributed by atoms with van der Waals surface area (Å²) < 4.78 is 9.79. The van der Waals surface area contributed by atoms with E-state index < -0.39 is 18.1 Å². The zero-order valence-electron chi connectivity index (χ0n) is 12.9. The Kier molecular flexibility index (Phi) is 4.75. The molecule has 0 radical (unpaired) electrons. The molecule has 1 N–H and O–H groups in total. The number of thioether (sulfide) groups is 1. The van der Waals surface area contributed by atoms with E-state index >= 15 is 0 Å². The first kappa shape index (κ1) is 16.4. The Hall–Kier alpha value is -2.48. The number of rotatable bonds is 4. The largest absolute Gasteiger partial charge is 0.464 e. The van der Waals surface area contributed by atoms with Gasteiger partial charge in [0.05, 0.1) is 12.5 Å². The van der Waals surface area contributed by atoms with Gasteiger partial charge in [0, 0.05) is 11.8 Å². The van der Waals surface area contributed by atoms with Gasteiger partial charge in [0.1, 0.15) is 18.3 Å². The van der Waals surface area contributed by atoms with E-state index in [2.05, 4.69) is 10.1 Å². The van der Waals surface area contributed by atoms with E-state index in [1.165, 1.54) is 23.8 Å². The second-order valence-electron chi connectivity index (χ2n) is 5.29. The van der Waals surface area contributed by atoms with Gasteiger partial charge in [0.2, 0.25) is 0 Å². The Bertz CT molecular complexity index is 691. The van der Waals surface area contributed by atoms with Gasteiger partial charge < -0.3 is 14.8 Å². The summed E-state index contributed by atoms with van der Waals surface area (Å²) in [6, 6.07) is 8.55. The van der Waals surface area contributed by atoms with E-state index in [9.17, 15) is 14.4 Å². The van der Waals surface area contributed by atoms with Crippen LogP contribution in [0.3, 0.4) is 0 Å². The topological polar surface area (TPSA) is 84.9 Å². The van der Waals surface area contributed by atoms with Crippen LogP contribution < -0.4 is 5.32 Å². The minimum absolute atomic E-state index is 0.128. The number of ether oxygens (including phenoxy) is 2. The highest BCUT2D eigenvalue weighted by Gasteiger charge is 2.47. The molecule has 126 valence electrons. The molecule has 3 rings (SSSR count). The highest BCUT2D eigenvalue weighted by Crippen LogP contribution is 2.39. The summed E-state index contributed by atoms with van der Waals surface area (Å²) in [7, 11) is 1.26. The molecule has 2 heterocycles. The highest BCUT2D eigenvalue weighted by atomic mass is 32.2. The summed E-state index contributed by atoms with van der Waals surface area (Å²) in [4.78, 5) is 37.4. The number of nitrogens with one attached hydrogen (secondary N) is 1. The zero-order chi connectivity index (χ0) is 17.1. The van der Waals surface area contributed by atoms with Gasteiger partial charge in [-0.3, -0.25) is 9.69 Å². The Morgan fingerprint density at radius 2 is 2.08 bits per heavy atom. The normalized spacial score (nSPS) is 22.0. The van der Waals surface area contributed by atoms with Crippen LogP contribution in [0.15, 0.2) is 41.4 Å². The molecule has 2 amide bonds. The van der Waals surface area contributed by atoms with E-state index in [1.54, 1.807) is 5.41 Å². The van der Waals surface area contributed by atoms with Crippen molar-refractivity contribution >= 4 is 29.7 Å². The van der Waals surface area contributed by atoms with Gasteiger partial charge >= 0.3 is 12.1 Å². The molecule has 1 aromatic rings. The van der Waals surface area contributed by atoms with Crippen molar-refractivity contribution in [2.75, 3.05) is 7.11 Å². The van der Waals surface area contributed by atoms with Gasteiger partial charge in [-0.15, -0.1) is 11.8 Å². The molecule has 0 aromatic heterocycles. The second kappa shape index (κ2) is 6.96. The molecule has 0 bridgehead atoms. The number of fused-ring (bicyclic) bond motifs is 1. The number of amides is 2. The Labute approximate surface area is 143 Å². The van der Waals surface area contributed by atoms with Crippen LogP contribution in [-0.2, 0) is 25.7 Å². The van der Waals surface area contributed by atoms with Crippen molar-refractivity contribution in [1.29, 1.82) is 0 Å². The average molecular weight is 348 g/mol. The van der Waals surface area contributed by atoms with E-state index in [-0.39, 0.29) is 23.6 Å². The molecule has 2 atom stereocenters. The molecule has 1 aromatic carbocycles. The van der Waals surface area contributed by atoms with Crippen molar-refractivity contribution in [3.8, 4) is 0 Å². The molecule has 2 aliphatic rings. The number of carbonyl (C=O) groups is 3. The first-order chi connectivity index (χ1) is 11.6. The maximum absolute atomic E-state index is 12.4. The van der Waals surface area contributed by atoms with Crippen LogP contribution in [-0.4, -0.2) is 41.4 Å². The number of methoxy groups -OCH3 is 1. The number of carbonyl (C=O) groups excluding carboxylic acids is 3. The number of hydrogen-bond acceptors (Lipinski definition) is 6. The van der Waals surface area contributed by atoms with Crippen LogP contribution in [0.1, 0.15) is 12.0 Å². The van der Waals surface area contributed by atoms with Gasteiger partial charge in [-0.1, -0.05) is 30.3 Å². The van der Waals surface area contributed by atoms with Crippen molar-refractivity contribution in [2.45, 2.75) is 24.4 Å². The number of hydrogen-bond donors (Lipinski definition) is 1. The lowest BCUT2D eigenvalue weighted by Crippen LogP contribution is -2.42. The van der Waals surface area contributed by atoms with Crippen molar-refractivity contribution in [3.05, 3.63) is 47.0 Å². The molecule has 0 spiro atoms. The summed E-state index contributed by atoms with van der Waals surface area (Å²) in [5.74, 6) is -0.899. The molecule has 8 heteroatoms. The molecule has 2 aliphatic heterocycles. The molecule has 24 heavy (non-hydrogen) atoms. The Balaban J connectivity index is 1.55. The van der Waals surface area contributed by atoms with E-state index in [4.69, 9.17) is 4.74 Å². The SMILES string of the molecule is COC(=O)C1=CS[C@@H]2C[C@@H](NC(=O)OCc3ccccc3)C(=O)N12. The lowest BCUT2D eigenvalue weighted by molar-refractivity contribution is -0.141. The van der Waals surface area contributed by atoms with Crippen LogP contribution in [0.2, 0.25) is 0 Å². The van der Waals surface area contributed by atoms with E-state index in [1.807, 2.05) is 30.3 Å². The average Bonchev–Trinajstić information content (AvgIpc) is 3.14. The summed E-state index contributed by atoms with van der Waals surface area (Å²) >= 11 is 1.36. The van der Waals surface area contributed by atoms with Crippen molar-refractivity contribution in [1.82, 2.24) is 10.2 Å². The molecule has 0 saturated carbocycles. The Morgan fingerprint density at radius 3 is 2.79 bits per heavy atom. The quantitative estimate of drug-likeness (QED) is 0.832. The smallest absolute Gasteiger partial charge is 0.408 e. The second-order valence-corrected chi connectivity index (χ2v) is 6.34. The van der Waals surface area contributed by atoms with Crippen molar-refractivity contribution in [2.24, 2.45) is 0 Å². The van der Waals surface area contributed by atoms with Gasteiger partial charge in [-0.2, -0.15) is 0 Å². The number of esters is 1. The molecule has 0 aliphatic carbocycles. The van der Waals surface area contributed by atoms with Gasteiger partial charge in [-0.25, -0.2) is 9.59 Å². The van der Waals surface area contributed by atoms with Crippen LogP contribution in [0.4, 0.5) is 4.79 Å². The van der Waals surface area contributed by atoms with Crippen LogP contribution in [0.5, 0.6) is 0 Å². The monoisotopic (exact) mass is 348 g/mol. The standard InChI is InChI=1S/C16H16N2O5S/c1-22-15(20)12-9-24-13-7-11(14(19)18(12)13)17-16(21)23-8-10-5-3-2-4-6-10/h2-6,9,11,13H,7-8H2,1H3,(H,17,21)/t11-,13-/m1/s1. The fourth-order valence-electron chi connectivity index (χ4n) is 2.59. The first-order valence-electron chi connectivity index (χ1n) is 7.34. The fraction of sp³-hybridized carbons (Fsp3) is 0.312. The molecule has 1 fully saturated rings. The third-order valence-corrected chi connectivity index (χ3v) is 4.83. The van der Waals surface area contributed by atoms with Crippen molar-refractivity contribution in [3.63, 3.8) is 0 Å². The zero-order valence-corrected chi connectivity index (χ0v) is 13.7. The van der Waals surface area contributed by atoms with Crippen LogP contribution in [0.25, 0.3) is 0 Å². The van der Waals surface area contributed by atoms with E-state index in [0.29, 0.717) is 6.42 Å². The van der Waals surface area contributed by atoms with E-state index in [0.717, 1.165) is 5.56 Å². The van der Waals surface area contributed by atoms with Gasteiger partial charge in [-0.05, 0) is 5.56 Å². The predicted octanol–water partition coefficient (Wildman–Crippen LogP) is 1.60. The highest BCUT2D eigenvalue weighted by molar-refractivity contribution is 8.03. The summed E-state index contributed by atoms with van der Waals surface area (Å²) in [6.07, 6.45) is -0.257. The molecule has 1 saturated heterocycles. The molecular formula is C16H16N2O5S. The lowest BCUT2D eigenvalue weighted by Gasteiger charge is -2.17. The van der Waals surface area contributed by atoms with Crippen molar-refractivity contribution < 1.29 is 23.9 Å². The molecule has 7 nitrogen and oxygen atoms in total.